The van der Waals surface area contributed by atoms with E-state index in [1.54, 1.807) is 18.2 Å². The molecule has 0 aliphatic rings. The van der Waals surface area contributed by atoms with Crippen LogP contribution in [0.15, 0.2) is 72.8 Å². The Morgan fingerprint density at radius 2 is 1.73 bits per heavy atom. The molecule has 0 spiro atoms. The molecule has 4 rings (SSSR count). The number of benzene rings is 3. The minimum atomic E-state index is -0.440. The van der Waals surface area contributed by atoms with E-state index in [4.69, 9.17) is 0 Å². The number of carbonyl (C=O) groups is 1. The van der Waals surface area contributed by atoms with Gasteiger partial charge in [0.1, 0.15) is 0 Å². The highest BCUT2D eigenvalue weighted by Gasteiger charge is 2.12. The summed E-state index contributed by atoms with van der Waals surface area (Å²) >= 11 is 0. The van der Waals surface area contributed by atoms with Crippen LogP contribution in [0, 0.1) is 10.1 Å². The molecule has 0 bridgehead atoms. The van der Waals surface area contributed by atoms with Crippen LogP contribution in [-0.2, 0) is 6.54 Å². The van der Waals surface area contributed by atoms with Gasteiger partial charge in [-0.25, -0.2) is 0 Å². The molecule has 4 aromatic rings. The predicted octanol–water partition coefficient (Wildman–Crippen LogP) is 6.40. The van der Waals surface area contributed by atoms with Gasteiger partial charge in [0, 0.05) is 46.0 Å². The highest BCUT2D eigenvalue weighted by molar-refractivity contribution is 6.13. The molecule has 0 radical (unpaired) electrons. The number of para-hydroxylation sites is 1. The van der Waals surface area contributed by atoms with Gasteiger partial charge in [-0.15, -0.1) is 0 Å². The molecule has 5 heteroatoms. The van der Waals surface area contributed by atoms with Crippen LogP contribution in [0.1, 0.15) is 35.7 Å². The van der Waals surface area contributed by atoms with Crippen molar-refractivity contribution < 1.29 is 9.72 Å². The number of carbonyl (C=O) groups excluding carboxylic acids is 1. The van der Waals surface area contributed by atoms with E-state index >= 15 is 0 Å². The topological polar surface area (TPSA) is 65.1 Å². The Balaban J connectivity index is 1.66. The van der Waals surface area contributed by atoms with Gasteiger partial charge in [0.25, 0.3) is 5.69 Å². The second-order valence-corrected chi connectivity index (χ2v) is 7.30. The minimum Gasteiger partial charge on any atom is -0.340 e. The number of aryl methyl sites for hydroxylation is 1. The number of rotatable bonds is 7. The molecular weight excluding hydrogens is 376 g/mol. The molecule has 0 saturated heterocycles. The number of hydrogen-bond acceptors (Lipinski definition) is 3. The number of fused-ring (bicyclic) bond motifs is 3. The third-order valence-corrected chi connectivity index (χ3v) is 5.32. The van der Waals surface area contributed by atoms with Crippen molar-refractivity contribution in [3.8, 4) is 0 Å². The Morgan fingerprint density at radius 3 is 2.47 bits per heavy atom. The zero-order valence-electron chi connectivity index (χ0n) is 16.7. The summed E-state index contributed by atoms with van der Waals surface area (Å²) < 4.78 is 2.33. The van der Waals surface area contributed by atoms with Gasteiger partial charge in [-0.1, -0.05) is 37.6 Å². The SMILES string of the molecule is CCCCn1c2ccccc2c2cc(C(=O)/C=C/c3ccc([N+](=O)[O-])cc3)ccc21. The lowest BCUT2D eigenvalue weighted by atomic mass is 10.1. The third kappa shape index (κ3) is 3.74. The predicted molar refractivity (Wildman–Crippen MR) is 121 cm³/mol. The molecule has 0 N–H and O–H groups in total. The molecule has 3 aromatic carbocycles. The van der Waals surface area contributed by atoms with Crippen LogP contribution in [0.5, 0.6) is 0 Å². The van der Waals surface area contributed by atoms with Crippen molar-refractivity contribution >= 4 is 39.4 Å². The van der Waals surface area contributed by atoms with Crippen LogP contribution < -0.4 is 0 Å². The fourth-order valence-corrected chi connectivity index (χ4v) is 3.74. The lowest BCUT2D eigenvalue weighted by Gasteiger charge is -2.06. The second-order valence-electron chi connectivity index (χ2n) is 7.30. The largest absolute Gasteiger partial charge is 0.340 e. The number of non-ortho nitro benzene ring substituents is 1. The smallest absolute Gasteiger partial charge is 0.269 e. The maximum Gasteiger partial charge on any atom is 0.269 e. The molecule has 0 amide bonds. The first-order valence-electron chi connectivity index (χ1n) is 10.1. The third-order valence-electron chi connectivity index (χ3n) is 5.32. The summed E-state index contributed by atoms with van der Waals surface area (Å²) in [4.78, 5) is 23.1. The minimum absolute atomic E-state index is 0.0309. The number of ketones is 1. The Labute approximate surface area is 174 Å². The van der Waals surface area contributed by atoms with E-state index in [0.29, 0.717) is 5.56 Å². The van der Waals surface area contributed by atoms with Crippen molar-refractivity contribution in [2.45, 2.75) is 26.3 Å². The van der Waals surface area contributed by atoms with Gasteiger partial charge in [0.2, 0.25) is 0 Å². The zero-order valence-corrected chi connectivity index (χ0v) is 16.7. The summed E-state index contributed by atoms with van der Waals surface area (Å²) in [6, 6.07) is 20.3. The quantitative estimate of drug-likeness (QED) is 0.157. The van der Waals surface area contributed by atoms with E-state index in [9.17, 15) is 14.9 Å². The maximum absolute atomic E-state index is 12.7. The fraction of sp³-hybridized carbons (Fsp3) is 0.160. The first-order chi connectivity index (χ1) is 14.6. The molecule has 1 heterocycles. The monoisotopic (exact) mass is 398 g/mol. The highest BCUT2D eigenvalue weighted by atomic mass is 16.6. The number of nitrogens with zero attached hydrogens (tertiary/aromatic N) is 2. The molecule has 0 saturated carbocycles. The maximum atomic E-state index is 12.7. The summed E-state index contributed by atoms with van der Waals surface area (Å²) in [7, 11) is 0. The lowest BCUT2D eigenvalue weighted by Crippen LogP contribution is -1.98. The Bertz CT molecular complexity index is 1270. The highest BCUT2D eigenvalue weighted by Crippen LogP contribution is 2.30. The van der Waals surface area contributed by atoms with Crippen molar-refractivity contribution in [2.24, 2.45) is 0 Å². The van der Waals surface area contributed by atoms with E-state index in [0.717, 1.165) is 41.2 Å². The van der Waals surface area contributed by atoms with Crippen LogP contribution >= 0.6 is 0 Å². The summed E-state index contributed by atoms with van der Waals surface area (Å²) in [5.41, 5.74) is 3.72. The number of unbranched alkanes of at least 4 members (excludes halogenated alkanes) is 1. The zero-order chi connectivity index (χ0) is 21.1. The summed E-state index contributed by atoms with van der Waals surface area (Å²) in [5.74, 6) is -0.0966. The molecule has 30 heavy (non-hydrogen) atoms. The van der Waals surface area contributed by atoms with Gasteiger partial charge < -0.3 is 4.57 Å². The van der Waals surface area contributed by atoms with Crippen molar-refractivity contribution in [3.05, 3.63) is 94.0 Å². The summed E-state index contributed by atoms with van der Waals surface area (Å²) in [5, 5.41) is 13.0. The van der Waals surface area contributed by atoms with E-state index in [-0.39, 0.29) is 11.5 Å². The molecule has 5 nitrogen and oxygen atoms in total. The van der Waals surface area contributed by atoms with Gasteiger partial charge in [-0.3, -0.25) is 14.9 Å². The van der Waals surface area contributed by atoms with Crippen molar-refractivity contribution in [2.75, 3.05) is 0 Å². The number of hydrogen-bond donors (Lipinski definition) is 0. The molecule has 0 atom stereocenters. The Morgan fingerprint density at radius 1 is 1.00 bits per heavy atom. The molecule has 150 valence electrons. The van der Waals surface area contributed by atoms with Crippen LogP contribution in [0.25, 0.3) is 27.9 Å². The van der Waals surface area contributed by atoms with Crippen LogP contribution in [0.4, 0.5) is 5.69 Å². The van der Waals surface area contributed by atoms with Gasteiger partial charge in [0.05, 0.1) is 4.92 Å². The Kier molecular flexibility index (Phi) is 5.44. The van der Waals surface area contributed by atoms with Crippen LogP contribution in [0.3, 0.4) is 0 Å². The van der Waals surface area contributed by atoms with Gasteiger partial charge in [-0.2, -0.15) is 0 Å². The number of nitro benzene ring substituents is 1. The molecule has 0 aliphatic carbocycles. The van der Waals surface area contributed by atoms with Crippen molar-refractivity contribution in [1.82, 2.24) is 4.57 Å². The lowest BCUT2D eigenvalue weighted by molar-refractivity contribution is -0.384. The number of allylic oxidation sites excluding steroid dienone is 1. The van der Waals surface area contributed by atoms with E-state index in [1.165, 1.54) is 23.7 Å². The van der Waals surface area contributed by atoms with Crippen LogP contribution in [-0.4, -0.2) is 15.3 Å². The van der Waals surface area contributed by atoms with Gasteiger partial charge in [-0.05, 0) is 54.5 Å². The summed E-state index contributed by atoms with van der Waals surface area (Å²) in [6.07, 6.45) is 5.42. The second kappa shape index (κ2) is 8.33. The molecule has 0 fully saturated rings. The summed E-state index contributed by atoms with van der Waals surface area (Å²) in [6.45, 7) is 3.13. The normalized spacial score (nSPS) is 11.5. The van der Waals surface area contributed by atoms with E-state index in [1.807, 2.05) is 30.3 Å². The number of nitro groups is 1. The van der Waals surface area contributed by atoms with Crippen molar-refractivity contribution in [3.63, 3.8) is 0 Å². The van der Waals surface area contributed by atoms with Gasteiger partial charge >= 0.3 is 0 Å². The molecule has 0 unspecified atom stereocenters. The molecule has 1 aromatic heterocycles. The fourth-order valence-electron chi connectivity index (χ4n) is 3.74. The average molecular weight is 398 g/mol. The Hall–Kier alpha value is -3.73. The van der Waals surface area contributed by atoms with E-state index < -0.39 is 4.92 Å². The van der Waals surface area contributed by atoms with Gasteiger partial charge in [0.15, 0.2) is 5.78 Å². The van der Waals surface area contributed by atoms with Crippen molar-refractivity contribution in [1.29, 1.82) is 0 Å². The first-order valence-corrected chi connectivity index (χ1v) is 10.1. The van der Waals surface area contributed by atoms with Crippen LogP contribution in [0.2, 0.25) is 0 Å². The van der Waals surface area contributed by atoms with E-state index in [2.05, 4.69) is 23.6 Å². The molecular formula is C25H22N2O3. The standard InChI is InChI=1S/C25H22N2O3/c1-2-3-16-26-23-7-5-4-6-21(23)22-17-19(11-14-24(22)26)25(28)15-10-18-8-12-20(13-9-18)27(29)30/h4-15,17H,2-3,16H2,1H3/b15-10+. The number of aromatic nitrogens is 1. The molecule has 0 aliphatic heterocycles. The average Bonchev–Trinajstić information content (AvgIpc) is 3.09. The first kappa shape index (κ1) is 19.6.